The molecule has 0 spiro atoms. The van der Waals surface area contributed by atoms with Crippen LogP contribution in [0.3, 0.4) is 0 Å². The second-order valence-corrected chi connectivity index (χ2v) is 9.10. The van der Waals surface area contributed by atoms with Crippen molar-refractivity contribution in [3.05, 3.63) is 23.8 Å². The zero-order valence-electron chi connectivity index (χ0n) is 19.7. The van der Waals surface area contributed by atoms with Gasteiger partial charge in [-0.15, -0.1) is 0 Å². The van der Waals surface area contributed by atoms with Gasteiger partial charge in [0.25, 0.3) is 0 Å². The highest BCUT2D eigenvalue weighted by Crippen LogP contribution is 2.26. The van der Waals surface area contributed by atoms with E-state index < -0.39 is 0 Å². The fourth-order valence-corrected chi connectivity index (χ4v) is 3.08. The minimum absolute atomic E-state index is 0.00788. The molecule has 0 aliphatic carbocycles. The smallest absolute Gasteiger partial charge is 0.318 e. The van der Waals surface area contributed by atoms with E-state index in [4.69, 9.17) is 0 Å². The second-order valence-electron chi connectivity index (χ2n) is 9.10. The highest BCUT2D eigenvalue weighted by atomic mass is 16.2. The molecular formula is C23H40N4O2. The zero-order valence-corrected chi connectivity index (χ0v) is 19.7. The lowest BCUT2D eigenvalue weighted by Crippen LogP contribution is -2.48. The topological polar surface area (TPSA) is 64.7 Å². The van der Waals surface area contributed by atoms with Crippen LogP contribution in [-0.4, -0.2) is 43.0 Å². The van der Waals surface area contributed by atoms with Crippen LogP contribution in [0.25, 0.3) is 0 Å². The molecule has 0 unspecified atom stereocenters. The van der Waals surface area contributed by atoms with E-state index in [9.17, 15) is 9.59 Å². The first-order valence-corrected chi connectivity index (χ1v) is 10.6. The molecule has 0 fully saturated rings. The summed E-state index contributed by atoms with van der Waals surface area (Å²) in [5.74, 6) is 0.635. The predicted molar refractivity (Wildman–Crippen MR) is 122 cm³/mol. The van der Waals surface area contributed by atoms with Gasteiger partial charge in [0.1, 0.15) is 0 Å². The Hall–Kier alpha value is -2.24. The van der Waals surface area contributed by atoms with E-state index in [2.05, 4.69) is 31.4 Å². The molecule has 0 aromatic heterocycles. The lowest BCUT2D eigenvalue weighted by Gasteiger charge is -2.34. The molecule has 0 aliphatic rings. The van der Waals surface area contributed by atoms with Gasteiger partial charge in [0, 0.05) is 50.5 Å². The van der Waals surface area contributed by atoms with E-state index in [-0.39, 0.29) is 24.0 Å². The molecule has 2 N–H and O–H groups in total. The quantitative estimate of drug-likeness (QED) is 0.627. The van der Waals surface area contributed by atoms with Crippen molar-refractivity contribution in [1.29, 1.82) is 0 Å². The summed E-state index contributed by atoms with van der Waals surface area (Å²) in [6.45, 7) is 14.8. The average molecular weight is 405 g/mol. The van der Waals surface area contributed by atoms with Crippen LogP contribution >= 0.6 is 0 Å². The number of urea groups is 1. The zero-order chi connectivity index (χ0) is 22.3. The number of carbonyl (C=O) groups is 2. The first-order chi connectivity index (χ1) is 13.4. The molecule has 1 rings (SSSR count). The minimum Gasteiger partial charge on any atom is -0.377 e. The molecule has 3 amide bonds. The van der Waals surface area contributed by atoms with Gasteiger partial charge in [0.2, 0.25) is 5.91 Å². The first-order valence-electron chi connectivity index (χ1n) is 10.6. The van der Waals surface area contributed by atoms with Gasteiger partial charge >= 0.3 is 6.03 Å². The van der Waals surface area contributed by atoms with Gasteiger partial charge in [-0.25, -0.2) is 4.79 Å². The Morgan fingerprint density at radius 1 is 1.00 bits per heavy atom. The van der Waals surface area contributed by atoms with Crippen LogP contribution in [0.4, 0.5) is 16.2 Å². The molecule has 0 saturated carbocycles. The molecule has 1 aromatic carbocycles. The normalized spacial score (nSPS) is 12.3. The molecule has 164 valence electrons. The molecule has 29 heavy (non-hydrogen) atoms. The third-order valence-electron chi connectivity index (χ3n) is 4.91. The lowest BCUT2D eigenvalue weighted by molar-refractivity contribution is -0.116. The summed E-state index contributed by atoms with van der Waals surface area (Å²) in [5.41, 5.74) is 2.80. The molecule has 0 saturated heterocycles. The van der Waals surface area contributed by atoms with Crippen molar-refractivity contribution in [2.75, 3.05) is 24.3 Å². The number of hydrogen-bond donors (Lipinski definition) is 2. The Morgan fingerprint density at radius 2 is 1.62 bits per heavy atom. The van der Waals surface area contributed by atoms with Crippen LogP contribution in [0.15, 0.2) is 18.2 Å². The van der Waals surface area contributed by atoms with Crippen molar-refractivity contribution in [3.8, 4) is 0 Å². The van der Waals surface area contributed by atoms with E-state index in [0.29, 0.717) is 24.8 Å². The summed E-state index contributed by atoms with van der Waals surface area (Å²) in [6, 6.07) is 5.97. The molecule has 0 radical (unpaired) electrons. The van der Waals surface area contributed by atoms with Gasteiger partial charge in [0.05, 0.1) is 0 Å². The molecule has 1 aromatic rings. The van der Waals surface area contributed by atoms with Crippen LogP contribution in [0.5, 0.6) is 0 Å². The van der Waals surface area contributed by atoms with Gasteiger partial charge in [-0.05, 0) is 56.4 Å². The molecule has 0 bridgehead atoms. The lowest BCUT2D eigenvalue weighted by atomic mass is 10.0. The Kier molecular flexibility index (Phi) is 9.47. The third-order valence-corrected chi connectivity index (χ3v) is 4.91. The molecule has 6 heteroatoms. The van der Waals surface area contributed by atoms with Crippen LogP contribution < -0.4 is 15.5 Å². The van der Waals surface area contributed by atoms with E-state index in [0.717, 1.165) is 16.9 Å². The van der Waals surface area contributed by atoms with Crippen molar-refractivity contribution >= 4 is 23.3 Å². The summed E-state index contributed by atoms with van der Waals surface area (Å²) >= 11 is 0. The molecule has 0 heterocycles. The van der Waals surface area contributed by atoms with Crippen molar-refractivity contribution in [2.45, 2.75) is 73.5 Å². The van der Waals surface area contributed by atoms with Crippen molar-refractivity contribution in [3.63, 3.8) is 0 Å². The maximum atomic E-state index is 12.9. The summed E-state index contributed by atoms with van der Waals surface area (Å²) in [5, 5.41) is 6.01. The second kappa shape index (κ2) is 11.1. The number of anilines is 2. The third kappa shape index (κ3) is 7.95. The Labute approximate surface area is 177 Å². The maximum absolute atomic E-state index is 12.9. The summed E-state index contributed by atoms with van der Waals surface area (Å²) in [7, 11) is 3.97. The van der Waals surface area contributed by atoms with Gasteiger partial charge in [0.15, 0.2) is 0 Å². The number of carbonyl (C=O) groups excluding carboxylic acids is 2. The Bertz CT molecular complexity index is 683. The monoisotopic (exact) mass is 404 g/mol. The largest absolute Gasteiger partial charge is 0.377 e. The fourth-order valence-electron chi connectivity index (χ4n) is 3.08. The van der Waals surface area contributed by atoms with Crippen LogP contribution in [0.2, 0.25) is 0 Å². The van der Waals surface area contributed by atoms with Gasteiger partial charge in [-0.2, -0.15) is 0 Å². The van der Waals surface area contributed by atoms with E-state index in [1.165, 1.54) is 0 Å². The van der Waals surface area contributed by atoms with Gasteiger partial charge < -0.3 is 20.4 Å². The van der Waals surface area contributed by atoms with Gasteiger partial charge in [-0.1, -0.05) is 27.7 Å². The molecule has 0 aliphatic heterocycles. The van der Waals surface area contributed by atoms with E-state index in [1.807, 2.05) is 69.8 Å². The maximum Gasteiger partial charge on any atom is 0.318 e. The summed E-state index contributed by atoms with van der Waals surface area (Å²) < 4.78 is 0. The predicted octanol–water partition coefficient (Wildman–Crippen LogP) is 4.70. The minimum atomic E-state index is -0.0693. The Balaban J connectivity index is 3.22. The number of amides is 3. The van der Waals surface area contributed by atoms with Crippen molar-refractivity contribution < 1.29 is 9.59 Å². The van der Waals surface area contributed by atoms with Crippen LogP contribution in [-0.2, 0) is 11.3 Å². The average Bonchev–Trinajstić information content (AvgIpc) is 2.57. The SMILES string of the molecule is CC(C)CC(=O)Nc1ccc(N(C)C)c(CN(C(=O)NC(C)C)[C@@H](C)C(C)C)c1. The van der Waals surface area contributed by atoms with E-state index >= 15 is 0 Å². The number of nitrogens with zero attached hydrogens (tertiary/aromatic N) is 2. The van der Waals surface area contributed by atoms with Crippen LogP contribution in [0, 0.1) is 11.8 Å². The number of nitrogens with one attached hydrogen (secondary N) is 2. The van der Waals surface area contributed by atoms with Crippen molar-refractivity contribution in [1.82, 2.24) is 10.2 Å². The van der Waals surface area contributed by atoms with Crippen LogP contribution in [0.1, 0.15) is 60.5 Å². The molecule has 1 atom stereocenters. The fraction of sp³-hybridized carbons (Fsp3) is 0.652. The summed E-state index contributed by atoms with van der Waals surface area (Å²) in [4.78, 5) is 29.0. The van der Waals surface area contributed by atoms with Gasteiger partial charge in [-0.3, -0.25) is 4.79 Å². The highest BCUT2D eigenvalue weighted by Gasteiger charge is 2.24. The molecule has 6 nitrogen and oxygen atoms in total. The highest BCUT2D eigenvalue weighted by molar-refractivity contribution is 5.91. The van der Waals surface area contributed by atoms with E-state index in [1.54, 1.807) is 0 Å². The van der Waals surface area contributed by atoms with Crippen molar-refractivity contribution in [2.24, 2.45) is 11.8 Å². The standard InChI is InChI=1S/C23H40N4O2/c1-15(2)12-22(28)25-20-10-11-21(26(8)9)19(13-20)14-27(18(7)16(3)4)23(29)24-17(5)6/h10-11,13,15-18H,12,14H2,1-9H3,(H,24,29)(H,25,28)/t18-/m0/s1. The summed E-state index contributed by atoms with van der Waals surface area (Å²) in [6.07, 6.45) is 0.484. The number of benzene rings is 1. The Morgan fingerprint density at radius 3 is 2.10 bits per heavy atom. The number of rotatable bonds is 9. The number of hydrogen-bond acceptors (Lipinski definition) is 3. The first kappa shape index (κ1) is 24.8. The molecular weight excluding hydrogens is 364 g/mol.